The number of hydrogen-bond acceptors (Lipinski definition) is 5. The largest absolute Gasteiger partial charge is 0.504 e. The monoisotopic (exact) mass is 455 g/mol. The number of pyridine rings is 2. The van der Waals surface area contributed by atoms with E-state index in [1.165, 1.54) is 11.8 Å². The van der Waals surface area contributed by atoms with Crippen LogP contribution in [0.5, 0.6) is 5.75 Å². The molecule has 0 saturated heterocycles. The van der Waals surface area contributed by atoms with Gasteiger partial charge >= 0.3 is 0 Å². The van der Waals surface area contributed by atoms with Crippen molar-refractivity contribution in [2.24, 2.45) is 0 Å². The Bertz CT molecular complexity index is 1220. The van der Waals surface area contributed by atoms with Gasteiger partial charge in [-0.05, 0) is 48.0 Å². The first-order chi connectivity index (χ1) is 14.5. The Morgan fingerprint density at radius 1 is 1.03 bits per heavy atom. The normalized spacial score (nSPS) is 10.9. The van der Waals surface area contributed by atoms with E-state index in [-0.39, 0.29) is 18.0 Å². The van der Waals surface area contributed by atoms with Crippen molar-refractivity contribution in [1.29, 1.82) is 0 Å². The summed E-state index contributed by atoms with van der Waals surface area (Å²) in [6, 6.07) is 18.3. The third-order valence-electron chi connectivity index (χ3n) is 4.25. The van der Waals surface area contributed by atoms with Crippen LogP contribution in [0.1, 0.15) is 16.1 Å². The minimum absolute atomic E-state index is 0.0900. The maximum Gasteiger partial charge on any atom is 0.274 e. The standard InChI is InChI=1S/C22H15Cl2N3O2S/c23-14-9-13(10-15(24)11-14)12-26-21(29)19-20(28)18-17(7-4-8-25-18)22(27-19)30-16-5-2-1-3-6-16/h1-11,28H,12H2,(H,26,29). The van der Waals surface area contributed by atoms with Gasteiger partial charge in [0.25, 0.3) is 5.91 Å². The third kappa shape index (κ3) is 4.51. The summed E-state index contributed by atoms with van der Waals surface area (Å²) in [5.41, 5.74) is 0.966. The van der Waals surface area contributed by atoms with Crippen LogP contribution in [-0.4, -0.2) is 21.0 Å². The van der Waals surface area contributed by atoms with Gasteiger partial charge in [-0.25, -0.2) is 4.98 Å². The van der Waals surface area contributed by atoms with E-state index in [4.69, 9.17) is 23.2 Å². The number of amides is 1. The second-order valence-corrected chi connectivity index (χ2v) is 8.32. The van der Waals surface area contributed by atoms with Crippen molar-refractivity contribution in [3.8, 4) is 5.75 Å². The van der Waals surface area contributed by atoms with Crippen LogP contribution in [0.3, 0.4) is 0 Å². The smallest absolute Gasteiger partial charge is 0.274 e. The maximum atomic E-state index is 12.8. The summed E-state index contributed by atoms with van der Waals surface area (Å²) in [5.74, 6) is -0.782. The van der Waals surface area contributed by atoms with Crippen molar-refractivity contribution in [1.82, 2.24) is 15.3 Å². The van der Waals surface area contributed by atoms with E-state index >= 15 is 0 Å². The van der Waals surface area contributed by atoms with E-state index in [1.54, 1.807) is 30.5 Å². The number of rotatable bonds is 5. The maximum absolute atomic E-state index is 12.8. The minimum Gasteiger partial charge on any atom is -0.504 e. The van der Waals surface area contributed by atoms with Crippen molar-refractivity contribution >= 4 is 51.8 Å². The lowest BCUT2D eigenvalue weighted by atomic mass is 10.2. The molecule has 0 spiro atoms. The molecule has 0 aliphatic rings. The van der Waals surface area contributed by atoms with Crippen LogP contribution in [0.2, 0.25) is 10.0 Å². The van der Waals surface area contributed by atoms with E-state index in [9.17, 15) is 9.90 Å². The molecule has 0 saturated carbocycles. The number of aromatic hydroxyl groups is 1. The Labute approximate surface area is 187 Å². The van der Waals surface area contributed by atoms with Crippen LogP contribution in [-0.2, 0) is 6.54 Å². The highest BCUT2D eigenvalue weighted by Crippen LogP contribution is 2.36. The molecule has 1 amide bonds. The first-order valence-corrected chi connectivity index (χ1v) is 10.5. The SMILES string of the molecule is O=C(NCc1cc(Cl)cc(Cl)c1)c1nc(Sc2ccccc2)c2cccnc2c1O. The second kappa shape index (κ2) is 8.92. The van der Waals surface area contributed by atoms with Gasteiger partial charge in [0.05, 0.1) is 0 Å². The number of benzene rings is 2. The summed E-state index contributed by atoms with van der Waals surface area (Å²) in [6.45, 7) is 0.182. The predicted molar refractivity (Wildman–Crippen MR) is 119 cm³/mol. The van der Waals surface area contributed by atoms with Gasteiger partial charge in [-0.3, -0.25) is 9.78 Å². The highest BCUT2D eigenvalue weighted by atomic mass is 35.5. The Morgan fingerprint density at radius 3 is 2.50 bits per heavy atom. The zero-order chi connectivity index (χ0) is 21.1. The Kier molecular flexibility index (Phi) is 6.08. The third-order valence-corrected chi connectivity index (χ3v) is 5.70. The lowest BCUT2D eigenvalue weighted by molar-refractivity contribution is 0.0942. The number of halogens is 2. The summed E-state index contributed by atoms with van der Waals surface area (Å²) in [7, 11) is 0. The fourth-order valence-corrected chi connectivity index (χ4v) is 4.41. The topological polar surface area (TPSA) is 75.1 Å². The van der Waals surface area contributed by atoms with Crippen LogP contribution < -0.4 is 5.32 Å². The second-order valence-electron chi connectivity index (χ2n) is 6.39. The van der Waals surface area contributed by atoms with Gasteiger partial charge < -0.3 is 10.4 Å². The zero-order valence-corrected chi connectivity index (χ0v) is 17.8. The molecule has 0 bridgehead atoms. The molecule has 2 aromatic heterocycles. The van der Waals surface area contributed by atoms with E-state index in [0.717, 1.165) is 10.5 Å². The number of nitrogens with one attached hydrogen (secondary N) is 1. The molecule has 30 heavy (non-hydrogen) atoms. The van der Waals surface area contributed by atoms with Crippen LogP contribution in [0.15, 0.2) is 76.8 Å². The Balaban J connectivity index is 1.67. The molecule has 4 aromatic rings. The van der Waals surface area contributed by atoms with Crippen LogP contribution in [0.25, 0.3) is 10.9 Å². The van der Waals surface area contributed by atoms with Crippen molar-refractivity contribution in [3.63, 3.8) is 0 Å². The number of carbonyl (C=O) groups is 1. The summed E-state index contributed by atoms with van der Waals surface area (Å²) in [5, 5.41) is 15.6. The van der Waals surface area contributed by atoms with Crippen molar-refractivity contribution in [2.45, 2.75) is 16.5 Å². The molecule has 0 unspecified atom stereocenters. The molecule has 2 N–H and O–H groups in total. The summed E-state index contributed by atoms with van der Waals surface area (Å²) >= 11 is 13.4. The van der Waals surface area contributed by atoms with Crippen molar-refractivity contribution in [3.05, 3.63) is 88.2 Å². The highest BCUT2D eigenvalue weighted by molar-refractivity contribution is 7.99. The van der Waals surface area contributed by atoms with Gasteiger partial charge in [0, 0.05) is 33.1 Å². The fraction of sp³-hybridized carbons (Fsp3) is 0.0455. The lowest BCUT2D eigenvalue weighted by Crippen LogP contribution is -2.24. The Morgan fingerprint density at radius 2 is 1.77 bits per heavy atom. The van der Waals surface area contributed by atoms with Crippen LogP contribution in [0, 0.1) is 0 Å². The van der Waals surface area contributed by atoms with E-state index < -0.39 is 5.91 Å². The first kappa shape index (κ1) is 20.5. The van der Waals surface area contributed by atoms with Gasteiger partial charge in [0.2, 0.25) is 0 Å². The molecule has 8 heteroatoms. The average molecular weight is 456 g/mol. The lowest BCUT2D eigenvalue weighted by Gasteiger charge is -2.12. The molecule has 150 valence electrons. The summed E-state index contributed by atoms with van der Waals surface area (Å²) in [4.78, 5) is 22.5. The van der Waals surface area contributed by atoms with Gasteiger partial charge in [-0.1, -0.05) is 53.2 Å². The molecule has 0 fully saturated rings. The molecule has 2 aromatic carbocycles. The van der Waals surface area contributed by atoms with Gasteiger partial charge in [0.15, 0.2) is 11.4 Å². The number of fused-ring (bicyclic) bond motifs is 1. The Hall–Kier alpha value is -2.80. The number of nitrogens with zero attached hydrogens (tertiary/aromatic N) is 2. The molecule has 5 nitrogen and oxygen atoms in total. The van der Waals surface area contributed by atoms with Gasteiger partial charge in [-0.15, -0.1) is 0 Å². The summed E-state index contributed by atoms with van der Waals surface area (Å²) in [6.07, 6.45) is 1.56. The molecule has 2 heterocycles. The first-order valence-electron chi connectivity index (χ1n) is 8.95. The molecule has 0 atom stereocenters. The molecular formula is C22H15Cl2N3O2S. The molecular weight excluding hydrogens is 441 g/mol. The van der Waals surface area contributed by atoms with Crippen molar-refractivity contribution < 1.29 is 9.90 Å². The quantitative estimate of drug-likeness (QED) is 0.402. The van der Waals surface area contributed by atoms with Crippen LogP contribution >= 0.6 is 35.0 Å². The molecule has 4 rings (SSSR count). The van der Waals surface area contributed by atoms with E-state index in [1.807, 2.05) is 36.4 Å². The number of carbonyl (C=O) groups excluding carboxylic acids is 1. The zero-order valence-electron chi connectivity index (χ0n) is 15.5. The molecule has 0 aliphatic carbocycles. The number of aromatic nitrogens is 2. The van der Waals surface area contributed by atoms with Crippen LogP contribution in [0.4, 0.5) is 0 Å². The minimum atomic E-state index is -0.522. The highest BCUT2D eigenvalue weighted by Gasteiger charge is 2.20. The van der Waals surface area contributed by atoms with Gasteiger partial charge in [0.1, 0.15) is 10.5 Å². The fourth-order valence-electron chi connectivity index (χ4n) is 2.91. The summed E-state index contributed by atoms with van der Waals surface area (Å²) < 4.78 is 0. The molecule has 0 aliphatic heterocycles. The van der Waals surface area contributed by atoms with E-state index in [2.05, 4.69) is 15.3 Å². The number of hydrogen-bond donors (Lipinski definition) is 2. The average Bonchev–Trinajstić information content (AvgIpc) is 2.74. The predicted octanol–water partition coefficient (Wildman–Crippen LogP) is 5.72. The van der Waals surface area contributed by atoms with E-state index in [0.29, 0.717) is 26.0 Å². The van der Waals surface area contributed by atoms with Crippen molar-refractivity contribution in [2.75, 3.05) is 0 Å². The van der Waals surface area contributed by atoms with Gasteiger partial charge in [-0.2, -0.15) is 0 Å². The molecule has 0 radical (unpaired) electrons.